The molecule has 0 saturated heterocycles. The molecular formula is C15H19N3O2S. The van der Waals surface area contributed by atoms with Gasteiger partial charge in [-0.1, -0.05) is 30.8 Å². The number of aryl methyl sites for hydroxylation is 1. The number of benzene rings is 1. The van der Waals surface area contributed by atoms with Gasteiger partial charge >= 0.3 is 0 Å². The van der Waals surface area contributed by atoms with E-state index >= 15 is 0 Å². The van der Waals surface area contributed by atoms with Gasteiger partial charge in [0.2, 0.25) is 5.91 Å². The smallest absolute Gasteiger partial charge is 0.255 e. The van der Waals surface area contributed by atoms with E-state index in [1.807, 2.05) is 32.0 Å². The van der Waals surface area contributed by atoms with Crippen molar-refractivity contribution in [2.24, 2.45) is 5.84 Å². The first-order chi connectivity index (χ1) is 10.1. The Labute approximate surface area is 128 Å². The van der Waals surface area contributed by atoms with E-state index in [9.17, 15) is 4.79 Å². The van der Waals surface area contributed by atoms with E-state index in [1.165, 1.54) is 16.8 Å². The standard InChI is InChI=1S/C15H19N3O2S/c1-3-5-14(19)18(16)13-7-4-6-11(2)12(13)10-21-15-17-8-9-20-15/h4,6-9H,3,5,10,16H2,1-2H3. The molecule has 0 aliphatic rings. The Morgan fingerprint density at radius 1 is 1.48 bits per heavy atom. The maximum absolute atomic E-state index is 12.0. The largest absolute Gasteiger partial charge is 0.440 e. The molecule has 0 saturated carbocycles. The fourth-order valence-electron chi connectivity index (χ4n) is 1.98. The summed E-state index contributed by atoms with van der Waals surface area (Å²) in [6, 6.07) is 5.78. The summed E-state index contributed by atoms with van der Waals surface area (Å²) in [6.07, 6.45) is 4.37. The highest BCUT2D eigenvalue weighted by atomic mass is 32.2. The number of anilines is 1. The third kappa shape index (κ3) is 3.86. The quantitative estimate of drug-likeness (QED) is 0.384. The van der Waals surface area contributed by atoms with Crippen LogP contribution in [0.15, 0.2) is 40.3 Å². The maximum atomic E-state index is 12.0. The third-order valence-electron chi connectivity index (χ3n) is 3.13. The number of carbonyl (C=O) groups is 1. The number of hydrogen-bond donors (Lipinski definition) is 1. The molecule has 1 heterocycles. The normalized spacial score (nSPS) is 10.6. The van der Waals surface area contributed by atoms with Crippen molar-refractivity contribution >= 4 is 23.4 Å². The second kappa shape index (κ2) is 7.28. The van der Waals surface area contributed by atoms with Crippen LogP contribution in [0.4, 0.5) is 5.69 Å². The Bertz CT molecular complexity index is 599. The van der Waals surface area contributed by atoms with Crippen LogP contribution in [-0.2, 0) is 10.5 Å². The van der Waals surface area contributed by atoms with Crippen molar-refractivity contribution in [2.75, 3.05) is 5.01 Å². The molecule has 0 aliphatic heterocycles. The van der Waals surface area contributed by atoms with Crippen molar-refractivity contribution in [1.82, 2.24) is 4.98 Å². The summed E-state index contributed by atoms with van der Waals surface area (Å²) in [6.45, 7) is 3.97. The van der Waals surface area contributed by atoms with Gasteiger partial charge in [-0.05, 0) is 30.5 Å². The van der Waals surface area contributed by atoms with Gasteiger partial charge in [0.25, 0.3) is 5.22 Å². The molecule has 1 amide bonds. The lowest BCUT2D eigenvalue weighted by molar-refractivity contribution is -0.118. The first-order valence-corrected chi connectivity index (χ1v) is 7.80. The van der Waals surface area contributed by atoms with Crippen LogP contribution in [-0.4, -0.2) is 10.9 Å². The van der Waals surface area contributed by atoms with E-state index in [2.05, 4.69) is 4.98 Å². The first-order valence-electron chi connectivity index (χ1n) is 6.82. The molecule has 1 aromatic carbocycles. The Kier molecular flexibility index (Phi) is 5.41. The van der Waals surface area contributed by atoms with Crippen LogP contribution in [0, 0.1) is 6.92 Å². The first kappa shape index (κ1) is 15.6. The Balaban J connectivity index is 2.21. The molecule has 0 bridgehead atoms. The minimum Gasteiger partial charge on any atom is -0.440 e. The highest BCUT2D eigenvalue weighted by Gasteiger charge is 2.16. The number of amides is 1. The predicted octanol–water partition coefficient (Wildman–Crippen LogP) is 3.28. The van der Waals surface area contributed by atoms with Crippen molar-refractivity contribution in [2.45, 2.75) is 37.7 Å². The number of hydrogen-bond acceptors (Lipinski definition) is 5. The van der Waals surface area contributed by atoms with Crippen LogP contribution in [0.1, 0.15) is 30.9 Å². The molecule has 2 N–H and O–H groups in total. The lowest BCUT2D eigenvalue weighted by atomic mass is 10.1. The van der Waals surface area contributed by atoms with Crippen molar-refractivity contribution in [3.05, 3.63) is 41.8 Å². The summed E-state index contributed by atoms with van der Waals surface area (Å²) in [5.41, 5.74) is 2.85. The van der Waals surface area contributed by atoms with Crippen LogP contribution in [0.25, 0.3) is 0 Å². The lowest BCUT2D eigenvalue weighted by Crippen LogP contribution is -2.38. The van der Waals surface area contributed by atoms with Gasteiger partial charge in [-0.25, -0.2) is 15.8 Å². The van der Waals surface area contributed by atoms with E-state index in [0.29, 0.717) is 17.4 Å². The Morgan fingerprint density at radius 2 is 2.29 bits per heavy atom. The molecule has 5 nitrogen and oxygen atoms in total. The second-order valence-corrected chi connectivity index (χ2v) is 5.60. The molecule has 112 valence electrons. The van der Waals surface area contributed by atoms with Gasteiger partial charge in [-0.3, -0.25) is 4.79 Å². The van der Waals surface area contributed by atoms with E-state index < -0.39 is 0 Å². The van der Waals surface area contributed by atoms with Gasteiger partial charge in [0.15, 0.2) is 0 Å². The van der Waals surface area contributed by atoms with Crippen molar-refractivity contribution < 1.29 is 9.21 Å². The molecule has 2 rings (SSSR count). The van der Waals surface area contributed by atoms with Gasteiger partial charge in [-0.15, -0.1) is 0 Å². The van der Waals surface area contributed by atoms with E-state index in [1.54, 1.807) is 12.5 Å². The molecule has 0 unspecified atom stereocenters. The molecule has 0 spiro atoms. The van der Waals surface area contributed by atoms with E-state index in [4.69, 9.17) is 10.3 Å². The predicted molar refractivity (Wildman–Crippen MR) is 83.8 cm³/mol. The molecule has 21 heavy (non-hydrogen) atoms. The molecular weight excluding hydrogens is 286 g/mol. The zero-order valence-corrected chi connectivity index (χ0v) is 13.0. The minimum absolute atomic E-state index is 0.0783. The molecule has 0 atom stereocenters. The number of carbonyl (C=O) groups excluding carboxylic acids is 1. The summed E-state index contributed by atoms with van der Waals surface area (Å²) in [5, 5.41) is 1.86. The fraction of sp³-hybridized carbons (Fsp3) is 0.333. The van der Waals surface area contributed by atoms with Crippen LogP contribution < -0.4 is 10.9 Å². The summed E-state index contributed by atoms with van der Waals surface area (Å²) < 4.78 is 5.22. The van der Waals surface area contributed by atoms with Crippen molar-refractivity contribution in [1.29, 1.82) is 0 Å². The fourth-order valence-corrected chi connectivity index (χ4v) is 2.89. The van der Waals surface area contributed by atoms with Crippen molar-refractivity contribution in [3.8, 4) is 0 Å². The maximum Gasteiger partial charge on any atom is 0.255 e. The second-order valence-electron chi connectivity index (χ2n) is 4.67. The van der Waals surface area contributed by atoms with E-state index in [0.717, 1.165) is 23.2 Å². The number of aromatic nitrogens is 1. The highest BCUT2D eigenvalue weighted by Crippen LogP contribution is 2.29. The topological polar surface area (TPSA) is 72.4 Å². The summed E-state index contributed by atoms with van der Waals surface area (Å²) >= 11 is 1.48. The van der Waals surface area contributed by atoms with Gasteiger partial charge in [-0.2, -0.15) is 0 Å². The monoisotopic (exact) mass is 305 g/mol. The van der Waals surface area contributed by atoms with Gasteiger partial charge in [0, 0.05) is 12.2 Å². The zero-order valence-electron chi connectivity index (χ0n) is 12.2. The van der Waals surface area contributed by atoms with Crippen molar-refractivity contribution in [3.63, 3.8) is 0 Å². The van der Waals surface area contributed by atoms with Gasteiger partial charge in [0.05, 0.1) is 11.9 Å². The Morgan fingerprint density at radius 3 is 2.95 bits per heavy atom. The summed E-state index contributed by atoms with van der Waals surface area (Å²) in [5.74, 6) is 6.55. The van der Waals surface area contributed by atoms with Crippen LogP contribution in [0.5, 0.6) is 0 Å². The highest BCUT2D eigenvalue weighted by molar-refractivity contribution is 7.98. The molecule has 0 radical (unpaired) electrons. The van der Waals surface area contributed by atoms with E-state index in [-0.39, 0.29) is 5.91 Å². The summed E-state index contributed by atoms with van der Waals surface area (Å²) in [7, 11) is 0. The zero-order chi connectivity index (χ0) is 15.2. The third-order valence-corrected chi connectivity index (χ3v) is 4.01. The van der Waals surface area contributed by atoms with Gasteiger partial charge in [0.1, 0.15) is 6.26 Å². The molecule has 2 aromatic rings. The molecule has 0 aliphatic carbocycles. The average molecular weight is 305 g/mol. The number of nitrogens with zero attached hydrogens (tertiary/aromatic N) is 2. The van der Waals surface area contributed by atoms with Crippen LogP contribution >= 0.6 is 11.8 Å². The summed E-state index contributed by atoms with van der Waals surface area (Å²) in [4.78, 5) is 16.1. The van der Waals surface area contributed by atoms with Gasteiger partial charge < -0.3 is 4.42 Å². The van der Waals surface area contributed by atoms with Crippen LogP contribution in [0.3, 0.4) is 0 Å². The average Bonchev–Trinajstić information content (AvgIpc) is 2.98. The number of rotatable bonds is 6. The minimum atomic E-state index is -0.0783. The molecule has 6 heteroatoms. The number of hydrazine groups is 1. The molecule has 1 aromatic heterocycles. The lowest BCUT2D eigenvalue weighted by Gasteiger charge is -2.21. The van der Waals surface area contributed by atoms with Crippen LogP contribution in [0.2, 0.25) is 0 Å². The SMILES string of the molecule is CCCC(=O)N(N)c1cccc(C)c1CSc1ncco1. The number of nitrogens with two attached hydrogens (primary N) is 1. The number of oxazole rings is 1. The molecule has 0 fully saturated rings. The number of thioether (sulfide) groups is 1. The Hall–Kier alpha value is -1.79.